The van der Waals surface area contributed by atoms with Gasteiger partial charge in [-0.3, -0.25) is 5.10 Å². The van der Waals surface area contributed by atoms with Crippen LogP contribution in [0.15, 0.2) is 23.4 Å². The van der Waals surface area contributed by atoms with Crippen molar-refractivity contribution in [2.75, 3.05) is 19.7 Å². The molecule has 3 heterocycles. The molecule has 118 valence electrons. The maximum Gasteiger partial charge on any atom is 0.246 e. The van der Waals surface area contributed by atoms with Crippen molar-refractivity contribution < 1.29 is 13.2 Å². The van der Waals surface area contributed by atoms with E-state index in [-0.39, 0.29) is 11.4 Å². The standard InChI is InChI=1S/C13H17N5O3S/c1-9-5-12(17-10(2)16-9)13-8-18(3-4-21-13)22(19,20)11-6-14-15-7-11/h5-7,13H,3-4,8H2,1-2H3,(H,14,15)/t13-/m0/s1. The molecule has 2 aromatic rings. The van der Waals surface area contributed by atoms with Gasteiger partial charge in [-0.25, -0.2) is 18.4 Å². The molecule has 9 heteroatoms. The predicted molar refractivity (Wildman–Crippen MR) is 77.5 cm³/mol. The molecule has 1 saturated heterocycles. The van der Waals surface area contributed by atoms with Gasteiger partial charge in [0.25, 0.3) is 0 Å². The van der Waals surface area contributed by atoms with Crippen LogP contribution in [0.2, 0.25) is 0 Å². The molecule has 0 aromatic carbocycles. The molecule has 8 nitrogen and oxygen atoms in total. The van der Waals surface area contributed by atoms with Crippen molar-refractivity contribution in [3.63, 3.8) is 0 Å². The lowest BCUT2D eigenvalue weighted by Gasteiger charge is -2.31. The molecule has 0 spiro atoms. The van der Waals surface area contributed by atoms with Crippen LogP contribution in [0.25, 0.3) is 0 Å². The van der Waals surface area contributed by atoms with Crippen molar-refractivity contribution in [2.24, 2.45) is 0 Å². The van der Waals surface area contributed by atoms with Crippen molar-refractivity contribution in [3.8, 4) is 0 Å². The summed E-state index contributed by atoms with van der Waals surface area (Å²) in [6.45, 7) is 4.54. The first-order valence-electron chi connectivity index (χ1n) is 6.89. The summed E-state index contributed by atoms with van der Waals surface area (Å²) in [6, 6.07) is 1.83. The maximum absolute atomic E-state index is 12.5. The lowest BCUT2D eigenvalue weighted by atomic mass is 10.2. The minimum Gasteiger partial charge on any atom is -0.369 e. The van der Waals surface area contributed by atoms with Crippen LogP contribution < -0.4 is 0 Å². The number of nitrogens with one attached hydrogen (secondary N) is 1. The lowest BCUT2D eigenvalue weighted by Crippen LogP contribution is -2.42. The van der Waals surface area contributed by atoms with Gasteiger partial charge in [-0.2, -0.15) is 9.40 Å². The summed E-state index contributed by atoms with van der Waals surface area (Å²) in [6.07, 6.45) is 2.29. The van der Waals surface area contributed by atoms with E-state index in [1.54, 1.807) is 6.92 Å². The van der Waals surface area contributed by atoms with Crippen LogP contribution >= 0.6 is 0 Å². The number of rotatable bonds is 3. The van der Waals surface area contributed by atoms with E-state index in [1.807, 2.05) is 13.0 Å². The average molecular weight is 323 g/mol. The number of sulfonamides is 1. The zero-order valence-electron chi connectivity index (χ0n) is 12.4. The Hall–Kier alpha value is -1.84. The molecule has 2 aromatic heterocycles. The van der Waals surface area contributed by atoms with Gasteiger partial charge in [0, 0.05) is 25.0 Å². The van der Waals surface area contributed by atoms with Gasteiger partial charge >= 0.3 is 0 Å². The van der Waals surface area contributed by atoms with E-state index in [2.05, 4.69) is 20.2 Å². The van der Waals surface area contributed by atoms with Gasteiger partial charge in [-0.15, -0.1) is 0 Å². The van der Waals surface area contributed by atoms with E-state index in [1.165, 1.54) is 16.7 Å². The topological polar surface area (TPSA) is 101 Å². The van der Waals surface area contributed by atoms with Crippen LogP contribution in [-0.2, 0) is 14.8 Å². The van der Waals surface area contributed by atoms with Crippen molar-refractivity contribution in [2.45, 2.75) is 24.8 Å². The first-order valence-corrected chi connectivity index (χ1v) is 8.33. The quantitative estimate of drug-likeness (QED) is 0.886. The van der Waals surface area contributed by atoms with Gasteiger partial charge < -0.3 is 4.74 Å². The summed E-state index contributed by atoms with van der Waals surface area (Å²) >= 11 is 0. The third kappa shape index (κ3) is 2.87. The Morgan fingerprint density at radius 2 is 2.18 bits per heavy atom. The Labute approximate surface area is 128 Å². The van der Waals surface area contributed by atoms with Crippen molar-refractivity contribution in [3.05, 3.63) is 35.7 Å². The van der Waals surface area contributed by atoms with Crippen molar-refractivity contribution >= 4 is 10.0 Å². The van der Waals surface area contributed by atoms with Gasteiger partial charge in [0.1, 0.15) is 16.8 Å². The number of H-pyrrole nitrogens is 1. The maximum atomic E-state index is 12.5. The highest BCUT2D eigenvalue weighted by molar-refractivity contribution is 7.89. The van der Waals surface area contributed by atoms with Gasteiger partial charge in [-0.1, -0.05) is 0 Å². The normalized spacial score (nSPS) is 20.2. The highest BCUT2D eigenvalue weighted by Crippen LogP contribution is 2.25. The number of ether oxygens (including phenoxy) is 1. The van der Waals surface area contributed by atoms with E-state index in [9.17, 15) is 8.42 Å². The van der Waals surface area contributed by atoms with Crippen LogP contribution in [-0.4, -0.2) is 52.6 Å². The molecule has 1 fully saturated rings. The molecule has 1 aliphatic heterocycles. The van der Waals surface area contributed by atoms with Crippen LogP contribution in [0.1, 0.15) is 23.3 Å². The number of hydrogen-bond acceptors (Lipinski definition) is 6. The van der Waals surface area contributed by atoms with E-state index in [0.29, 0.717) is 24.7 Å². The molecule has 0 radical (unpaired) electrons. The fourth-order valence-electron chi connectivity index (χ4n) is 2.46. The van der Waals surface area contributed by atoms with E-state index < -0.39 is 16.1 Å². The largest absolute Gasteiger partial charge is 0.369 e. The summed E-state index contributed by atoms with van der Waals surface area (Å²) in [5.74, 6) is 0.647. The number of nitrogens with zero attached hydrogens (tertiary/aromatic N) is 4. The van der Waals surface area contributed by atoms with Crippen LogP contribution in [0.3, 0.4) is 0 Å². The fraction of sp³-hybridized carbons (Fsp3) is 0.462. The number of hydrogen-bond donors (Lipinski definition) is 1. The lowest BCUT2D eigenvalue weighted by molar-refractivity contribution is -0.00513. The second-order valence-corrected chi connectivity index (χ2v) is 7.08. The Bertz CT molecular complexity index is 740. The Morgan fingerprint density at radius 1 is 1.36 bits per heavy atom. The summed E-state index contributed by atoms with van der Waals surface area (Å²) in [5, 5.41) is 6.23. The van der Waals surface area contributed by atoms with E-state index in [4.69, 9.17) is 4.74 Å². The first-order chi connectivity index (χ1) is 10.5. The zero-order chi connectivity index (χ0) is 15.7. The number of morpholine rings is 1. The highest BCUT2D eigenvalue weighted by Gasteiger charge is 2.32. The van der Waals surface area contributed by atoms with E-state index >= 15 is 0 Å². The molecule has 1 atom stereocenters. The van der Waals surface area contributed by atoms with Crippen LogP contribution in [0, 0.1) is 13.8 Å². The summed E-state index contributed by atoms with van der Waals surface area (Å²) in [4.78, 5) is 8.74. The molecule has 0 aliphatic carbocycles. The highest BCUT2D eigenvalue weighted by atomic mass is 32.2. The molecule has 3 rings (SSSR count). The molecular weight excluding hydrogens is 306 g/mol. The first kappa shape index (κ1) is 15.1. The SMILES string of the molecule is Cc1cc([C@@H]2CN(S(=O)(=O)c3cn[nH]c3)CCO2)nc(C)n1. The molecule has 0 unspecified atom stereocenters. The van der Waals surface area contributed by atoms with Gasteiger partial charge in [0.05, 0.1) is 18.5 Å². The molecule has 0 amide bonds. The molecule has 1 aliphatic rings. The van der Waals surface area contributed by atoms with Gasteiger partial charge in [-0.05, 0) is 19.9 Å². The molecule has 0 bridgehead atoms. The zero-order valence-corrected chi connectivity index (χ0v) is 13.2. The number of aromatic nitrogens is 4. The molecule has 1 N–H and O–H groups in total. The van der Waals surface area contributed by atoms with Crippen molar-refractivity contribution in [1.29, 1.82) is 0 Å². The average Bonchev–Trinajstić information content (AvgIpc) is 3.01. The fourth-order valence-corrected chi connectivity index (χ4v) is 3.79. The second kappa shape index (κ2) is 5.75. The Morgan fingerprint density at radius 3 is 2.86 bits per heavy atom. The summed E-state index contributed by atoms with van der Waals surface area (Å²) in [7, 11) is -3.56. The summed E-state index contributed by atoms with van der Waals surface area (Å²) in [5.41, 5.74) is 1.54. The monoisotopic (exact) mass is 323 g/mol. The smallest absolute Gasteiger partial charge is 0.246 e. The third-order valence-electron chi connectivity index (χ3n) is 3.46. The molecule has 0 saturated carbocycles. The Balaban J connectivity index is 1.86. The molecular formula is C13H17N5O3S. The second-order valence-electron chi connectivity index (χ2n) is 5.14. The summed E-state index contributed by atoms with van der Waals surface area (Å²) < 4.78 is 32.2. The third-order valence-corrected chi connectivity index (χ3v) is 5.29. The van der Waals surface area contributed by atoms with Gasteiger partial charge in [0.15, 0.2) is 0 Å². The van der Waals surface area contributed by atoms with E-state index in [0.717, 1.165) is 5.69 Å². The molecule has 22 heavy (non-hydrogen) atoms. The minimum atomic E-state index is -3.56. The van der Waals surface area contributed by atoms with Gasteiger partial charge in [0.2, 0.25) is 10.0 Å². The predicted octanol–water partition coefficient (Wildman–Crippen LogP) is 0.579. The number of aromatic amines is 1. The minimum absolute atomic E-state index is 0.156. The Kier molecular flexibility index (Phi) is 3.94. The van der Waals surface area contributed by atoms with Crippen LogP contribution in [0.5, 0.6) is 0 Å². The van der Waals surface area contributed by atoms with Crippen LogP contribution in [0.4, 0.5) is 0 Å². The van der Waals surface area contributed by atoms with Crippen molar-refractivity contribution in [1.82, 2.24) is 24.5 Å². The number of aryl methyl sites for hydroxylation is 2.